The lowest BCUT2D eigenvalue weighted by atomic mass is 10.2. The Labute approximate surface area is 118 Å². The number of halogens is 2. The van der Waals surface area contributed by atoms with Gasteiger partial charge in [-0.3, -0.25) is 4.79 Å². The van der Waals surface area contributed by atoms with E-state index in [2.05, 4.69) is 10.6 Å². The number of hydrogen-bond acceptors (Lipinski definition) is 2. The number of benzene rings is 1. The maximum atomic E-state index is 13.5. The van der Waals surface area contributed by atoms with Crippen LogP contribution in [0.25, 0.3) is 0 Å². The van der Waals surface area contributed by atoms with Gasteiger partial charge in [-0.2, -0.15) is 0 Å². The van der Waals surface area contributed by atoms with Crippen LogP contribution in [0.1, 0.15) is 13.8 Å². The Morgan fingerprint density at radius 2 is 2.12 bits per heavy atom. The van der Waals surface area contributed by atoms with E-state index in [4.69, 9.17) is 12.2 Å². The molecular weight excluding hydrogens is 354 g/mol. The van der Waals surface area contributed by atoms with Crippen molar-refractivity contribution in [1.82, 2.24) is 5.32 Å². The standard InChI is InChI=1S/C11H12FIN2OS/c1-6(2)10(16)15-11(17)14-9-4-3-7(13)5-8(9)12/h3-6H,1-2H3,(H2,14,15,16,17). The first kappa shape index (κ1) is 14.3. The second-order valence-electron chi connectivity index (χ2n) is 3.72. The quantitative estimate of drug-likeness (QED) is 0.625. The highest BCUT2D eigenvalue weighted by atomic mass is 127. The maximum Gasteiger partial charge on any atom is 0.228 e. The van der Waals surface area contributed by atoms with E-state index < -0.39 is 5.82 Å². The fourth-order valence-corrected chi connectivity index (χ4v) is 1.66. The monoisotopic (exact) mass is 366 g/mol. The molecule has 0 atom stereocenters. The summed E-state index contributed by atoms with van der Waals surface area (Å²) in [7, 11) is 0. The molecule has 17 heavy (non-hydrogen) atoms. The molecule has 1 rings (SSSR count). The van der Waals surface area contributed by atoms with Crippen LogP contribution in [0.15, 0.2) is 18.2 Å². The minimum atomic E-state index is -0.405. The molecule has 0 aromatic heterocycles. The summed E-state index contributed by atoms with van der Waals surface area (Å²) in [4.78, 5) is 11.3. The number of carbonyl (C=O) groups is 1. The first-order valence-corrected chi connectivity index (χ1v) is 6.45. The fourth-order valence-electron chi connectivity index (χ4n) is 1.00. The van der Waals surface area contributed by atoms with Crippen molar-refractivity contribution in [2.75, 3.05) is 5.32 Å². The number of anilines is 1. The van der Waals surface area contributed by atoms with E-state index in [1.165, 1.54) is 6.07 Å². The largest absolute Gasteiger partial charge is 0.330 e. The Kier molecular flexibility index (Phi) is 5.26. The van der Waals surface area contributed by atoms with E-state index in [9.17, 15) is 9.18 Å². The molecule has 0 saturated carbocycles. The van der Waals surface area contributed by atoms with E-state index in [0.717, 1.165) is 3.57 Å². The molecule has 92 valence electrons. The van der Waals surface area contributed by atoms with Gasteiger partial charge in [0.15, 0.2) is 5.11 Å². The van der Waals surface area contributed by atoms with Crippen molar-refractivity contribution in [3.63, 3.8) is 0 Å². The highest BCUT2D eigenvalue weighted by Gasteiger charge is 2.10. The minimum Gasteiger partial charge on any atom is -0.330 e. The zero-order chi connectivity index (χ0) is 13.0. The zero-order valence-corrected chi connectivity index (χ0v) is 12.4. The summed E-state index contributed by atoms with van der Waals surface area (Å²) >= 11 is 6.93. The number of rotatable bonds is 2. The van der Waals surface area contributed by atoms with E-state index in [-0.39, 0.29) is 22.6 Å². The maximum absolute atomic E-state index is 13.5. The van der Waals surface area contributed by atoms with Gasteiger partial charge in [0.1, 0.15) is 5.82 Å². The van der Waals surface area contributed by atoms with Gasteiger partial charge in [0, 0.05) is 9.49 Å². The molecule has 0 aliphatic heterocycles. The van der Waals surface area contributed by atoms with E-state index >= 15 is 0 Å². The molecule has 1 aromatic rings. The third kappa shape index (κ3) is 4.55. The lowest BCUT2D eigenvalue weighted by Crippen LogP contribution is -2.36. The Morgan fingerprint density at radius 3 is 2.65 bits per heavy atom. The van der Waals surface area contributed by atoms with Gasteiger partial charge >= 0.3 is 0 Å². The summed E-state index contributed by atoms with van der Waals surface area (Å²) < 4.78 is 14.3. The first-order chi connectivity index (χ1) is 7.90. The number of carbonyl (C=O) groups excluding carboxylic acids is 1. The van der Waals surface area contributed by atoms with Crippen LogP contribution in [0.5, 0.6) is 0 Å². The molecule has 6 heteroatoms. The molecule has 2 N–H and O–H groups in total. The van der Waals surface area contributed by atoms with Gasteiger partial charge in [0.05, 0.1) is 5.69 Å². The number of hydrogen-bond donors (Lipinski definition) is 2. The zero-order valence-electron chi connectivity index (χ0n) is 9.38. The lowest BCUT2D eigenvalue weighted by Gasteiger charge is -2.11. The molecular formula is C11H12FIN2OS. The Balaban J connectivity index is 2.65. The molecule has 0 aliphatic rings. The Bertz CT molecular complexity index is 451. The van der Waals surface area contributed by atoms with Crippen molar-refractivity contribution < 1.29 is 9.18 Å². The van der Waals surface area contributed by atoms with Gasteiger partial charge in [-0.05, 0) is 53.0 Å². The topological polar surface area (TPSA) is 41.1 Å². The van der Waals surface area contributed by atoms with Crippen LogP contribution < -0.4 is 10.6 Å². The Hall–Kier alpha value is -0.760. The van der Waals surface area contributed by atoms with Gasteiger partial charge in [-0.1, -0.05) is 13.8 Å². The molecule has 3 nitrogen and oxygen atoms in total. The van der Waals surface area contributed by atoms with Crippen LogP contribution in [0.2, 0.25) is 0 Å². The Morgan fingerprint density at radius 1 is 1.47 bits per heavy atom. The van der Waals surface area contributed by atoms with E-state index in [0.29, 0.717) is 0 Å². The number of nitrogens with one attached hydrogen (secondary N) is 2. The van der Waals surface area contributed by atoms with Crippen molar-refractivity contribution in [2.45, 2.75) is 13.8 Å². The van der Waals surface area contributed by atoms with Crippen molar-refractivity contribution in [1.29, 1.82) is 0 Å². The smallest absolute Gasteiger partial charge is 0.228 e. The van der Waals surface area contributed by atoms with Gasteiger partial charge in [0.2, 0.25) is 5.91 Å². The molecule has 0 aliphatic carbocycles. The summed E-state index contributed by atoms with van der Waals surface area (Å²) in [5, 5.41) is 5.23. The number of thiocarbonyl (C=S) groups is 1. The predicted molar refractivity (Wildman–Crippen MR) is 78.3 cm³/mol. The highest BCUT2D eigenvalue weighted by molar-refractivity contribution is 14.1. The molecule has 0 saturated heterocycles. The fraction of sp³-hybridized carbons (Fsp3) is 0.273. The van der Waals surface area contributed by atoms with Crippen LogP contribution in [-0.2, 0) is 4.79 Å². The number of amides is 1. The summed E-state index contributed by atoms with van der Waals surface area (Å²) in [5.41, 5.74) is 0.250. The van der Waals surface area contributed by atoms with Crippen molar-refractivity contribution >= 4 is 51.5 Å². The highest BCUT2D eigenvalue weighted by Crippen LogP contribution is 2.16. The molecule has 1 aromatic carbocycles. The van der Waals surface area contributed by atoms with Gasteiger partial charge < -0.3 is 10.6 Å². The summed E-state index contributed by atoms with van der Waals surface area (Å²) in [6, 6.07) is 4.71. The van der Waals surface area contributed by atoms with Gasteiger partial charge in [-0.25, -0.2) is 4.39 Å². The third-order valence-electron chi connectivity index (χ3n) is 1.94. The van der Waals surface area contributed by atoms with Gasteiger partial charge in [-0.15, -0.1) is 0 Å². The molecule has 0 unspecified atom stereocenters. The van der Waals surface area contributed by atoms with Crippen molar-refractivity contribution in [3.8, 4) is 0 Å². The van der Waals surface area contributed by atoms with Crippen LogP contribution in [0, 0.1) is 15.3 Å². The van der Waals surface area contributed by atoms with Crippen LogP contribution in [0.4, 0.5) is 10.1 Å². The first-order valence-electron chi connectivity index (χ1n) is 4.97. The molecule has 0 fully saturated rings. The summed E-state index contributed by atoms with van der Waals surface area (Å²) in [6.07, 6.45) is 0. The van der Waals surface area contributed by atoms with Crippen LogP contribution >= 0.6 is 34.8 Å². The van der Waals surface area contributed by atoms with Crippen LogP contribution in [0.3, 0.4) is 0 Å². The van der Waals surface area contributed by atoms with Crippen LogP contribution in [-0.4, -0.2) is 11.0 Å². The van der Waals surface area contributed by atoms with Crippen molar-refractivity contribution in [2.24, 2.45) is 5.92 Å². The third-order valence-corrected chi connectivity index (χ3v) is 2.82. The second kappa shape index (κ2) is 6.25. The molecule has 0 heterocycles. The summed E-state index contributed by atoms with van der Waals surface area (Å²) in [6.45, 7) is 3.51. The van der Waals surface area contributed by atoms with E-state index in [1.54, 1.807) is 26.0 Å². The molecule has 0 spiro atoms. The lowest BCUT2D eigenvalue weighted by molar-refractivity contribution is -0.122. The SMILES string of the molecule is CC(C)C(=O)NC(=S)Nc1ccc(I)cc1F. The van der Waals surface area contributed by atoms with E-state index in [1.807, 2.05) is 22.6 Å². The predicted octanol–water partition coefficient (Wildman–Crippen LogP) is 2.90. The summed E-state index contributed by atoms with van der Waals surface area (Å²) in [5.74, 6) is -0.775. The van der Waals surface area contributed by atoms with Crippen molar-refractivity contribution in [3.05, 3.63) is 27.6 Å². The molecule has 1 amide bonds. The molecule has 0 bridgehead atoms. The average Bonchev–Trinajstić information content (AvgIpc) is 2.22. The minimum absolute atomic E-state index is 0.101. The second-order valence-corrected chi connectivity index (χ2v) is 5.38. The molecule has 0 radical (unpaired) electrons. The normalized spacial score (nSPS) is 10.2. The van der Waals surface area contributed by atoms with Gasteiger partial charge in [0.25, 0.3) is 0 Å². The average molecular weight is 366 g/mol.